The van der Waals surface area contributed by atoms with Crippen LogP contribution < -0.4 is 0 Å². The molecule has 4 heteroatoms. The summed E-state index contributed by atoms with van der Waals surface area (Å²) >= 11 is 0. The molecule has 20 heavy (non-hydrogen) atoms. The Bertz CT molecular complexity index is 399. The molecule has 1 aliphatic heterocycles. The van der Waals surface area contributed by atoms with Crippen LogP contribution in [0.15, 0.2) is 30.3 Å². The third-order valence-corrected chi connectivity index (χ3v) is 3.92. The minimum atomic E-state index is -0.612. The summed E-state index contributed by atoms with van der Waals surface area (Å²) in [6.07, 6.45) is 1.59. The summed E-state index contributed by atoms with van der Waals surface area (Å²) in [6.45, 7) is 4.30. The second-order valence-electron chi connectivity index (χ2n) is 5.99. The predicted molar refractivity (Wildman–Crippen MR) is 80.5 cm³/mol. The monoisotopic (exact) mass is 278 g/mol. The maximum absolute atomic E-state index is 10.7. The maximum atomic E-state index is 10.7. The Labute approximate surface area is 121 Å². The van der Waals surface area contributed by atoms with Crippen LogP contribution >= 0.6 is 0 Å². The first-order chi connectivity index (χ1) is 9.61. The highest BCUT2D eigenvalue weighted by Gasteiger charge is 2.36. The molecule has 1 saturated heterocycles. The van der Waals surface area contributed by atoms with Crippen molar-refractivity contribution in [2.45, 2.75) is 25.0 Å². The summed E-state index contributed by atoms with van der Waals surface area (Å²) in [5.74, 6) is 0. The number of hydrogen-bond donors (Lipinski definition) is 2. The van der Waals surface area contributed by atoms with E-state index < -0.39 is 5.60 Å². The molecule has 0 aromatic heterocycles. The third-order valence-electron chi connectivity index (χ3n) is 3.92. The van der Waals surface area contributed by atoms with E-state index >= 15 is 0 Å². The van der Waals surface area contributed by atoms with E-state index in [-0.39, 0.29) is 6.61 Å². The molecule has 1 aromatic rings. The molecular weight excluding hydrogens is 252 g/mol. The Kier molecular flexibility index (Phi) is 5.54. The van der Waals surface area contributed by atoms with Crippen molar-refractivity contribution in [2.75, 3.05) is 39.8 Å². The Morgan fingerprint density at radius 2 is 2.05 bits per heavy atom. The van der Waals surface area contributed by atoms with Gasteiger partial charge in [0.05, 0.1) is 5.60 Å². The molecule has 2 N–H and O–H groups in total. The number of likely N-dealkylation sites (tertiary alicyclic amines) is 1. The molecule has 0 saturated carbocycles. The third kappa shape index (κ3) is 4.56. The van der Waals surface area contributed by atoms with Crippen LogP contribution in [0.1, 0.15) is 18.4 Å². The molecular formula is C16H26N2O2. The fourth-order valence-corrected chi connectivity index (χ4v) is 2.97. The van der Waals surface area contributed by atoms with E-state index in [9.17, 15) is 5.11 Å². The Balaban J connectivity index is 1.81. The quantitative estimate of drug-likeness (QED) is 0.779. The van der Waals surface area contributed by atoms with Crippen molar-refractivity contribution in [3.05, 3.63) is 35.9 Å². The first-order valence-corrected chi connectivity index (χ1v) is 7.39. The zero-order chi connectivity index (χ0) is 14.4. The Morgan fingerprint density at radius 3 is 2.75 bits per heavy atom. The number of benzene rings is 1. The van der Waals surface area contributed by atoms with E-state index in [4.69, 9.17) is 5.11 Å². The van der Waals surface area contributed by atoms with Crippen LogP contribution in [-0.2, 0) is 6.54 Å². The molecule has 112 valence electrons. The summed E-state index contributed by atoms with van der Waals surface area (Å²) in [5, 5.41) is 19.5. The van der Waals surface area contributed by atoms with Crippen LogP contribution in [0.2, 0.25) is 0 Å². The largest absolute Gasteiger partial charge is 0.396 e. The smallest absolute Gasteiger partial charge is 0.0912 e. The molecule has 1 fully saturated rings. The summed E-state index contributed by atoms with van der Waals surface area (Å²) in [5.41, 5.74) is 0.685. The van der Waals surface area contributed by atoms with Crippen molar-refractivity contribution in [1.82, 2.24) is 9.80 Å². The lowest BCUT2D eigenvalue weighted by molar-refractivity contribution is 0.0169. The van der Waals surface area contributed by atoms with Gasteiger partial charge in [0.2, 0.25) is 0 Å². The molecule has 1 unspecified atom stereocenters. The maximum Gasteiger partial charge on any atom is 0.0912 e. The van der Waals surface area contributed by atoms with Gasteiger partial charge in [0.25, 0.3) is 0 Å². The van der Waals surface area contributed by atoms with Crippen LogP contribution in [0.4, 0.5) is 0 Å². The lowest BCUT2D eigenvalue weighted by atomic mass is 10.0. The molecule has 1 aromatic carbocycles. The van der Waals surface area contributed by atoms with Crippen molar-refractivity contribution in [3.63, 3.8) is 0 Å². The Hall–Kier alpha value is -0.940. The average Bonchev–Trinajstić information content (AvgIpc) is 2.78. The van der Waals surface area contributed by atoms with Gasteiger partial charge in [0.1, 0.15) is 0 Å². The van der Waals surface area contributed by atoms with Gasteiger partial charge in [-0.3, -0.25) is 4.90 Å². The van der Waals surface area contributed by atoms with Crippen LogP contribution in [0, 0.1) is 0 Å². The highest BCUT2D eigenvalue weighted by molar-refractivity contribution is 5.15. The first-order valence-electron chi connectivity index (χ1n) is 7.39. The van der Waals surface area contributed by atoms with Crippen LogP contribution in [0.5, 0.6) is 0 Å². The van der Waals surface area contributed by atoms with Gasteiger partial charge < -0.3 is 15.1 Å². The van der Waals surface area contributed by atoms with E-state index in [1.807, 2.05) is 13.1 Å². The van der Waals surface area contributed by atoms with Crippen molar-refractivity contribution < 1.29 is 10.2 Å². The summed E-state index contributed by atoms with van der Waals surface area (Å²) in [7, 11) is 2.01. The number of β-amino-alcohol motifs (C(OH)–C–C–N with tert-alkyl or cyclic N) is 1. The molecule has 2 rings (SSSR count). The minimum absolute atomic E-state index is 0.211. The van der Waals surface area contributed by atoms with Gasteiger partial charge in [-0.25, -0.2) is 0 Å². The lowest BCUT2D eigenvalue weighted by Gasteiger charge is -2.29. The standard InChI is InChI=1S/C16H26N2O2/c1-17(9-5-11-19)13-16(20)8-10-18(14-16)12-15-6-3-2-4-7-15/h2-4,6-7,19-20H,5,8-14H2,1H3. The highest BCUT2D eigenvalue weighted by Crippen LogP contribution is 2.23. The summed E-state index contributed by atoms with van der Waals surface area (Å²) in [4.78, 5) is 4.43. The highest BCUT2D eigenvalue weighted by atomic mass is 16.3. The molecule has 0 amide bonds. The van der Waals surface area contributed by atoms with E-state index in [0.717, 1.165) is 39.0 Å². The number of hydrogen-bond acceptors (Lipinski definition) is 4. The van der Waals surface area contributed by atoms with E-state index in [0.29, 0.717) is 6.54 Å². The number of rotatable bonds is 7. The SMILES string of the molecule is CN(CCCO)CC1(O)CCN(Cc2ccccc2)C1. The average molecular weight is 278 g/mol. The molecule has 1 atom stereocenters. The normalized spacial score (nSPS) is 23.6. The molecule has 4 nitrogen and oxygen atoms in total. The fourth-order valence-electron chi connectivity index (χ4n) is 2.97. The van der Waals surface area contributed by atoms with E-state index in [1.165, 1.54) is 5.56 Å². The lowest BCUT2D eigenvalue weighted by Crippen LogP contribution is -2.44. The van der Waals surface area contributed by atoms with Crippen molar-refractivity contribution in [3.8, 4) is 0 Å². The zero-order valence-electron chi connectivity index (χ0n) is 12.3. The van der Waals surface area contributed by atoms with Crippen molar-refractivity contribution in [1.29, 1.82) is 0 Å². The van der Waals surface area contributed by atoms with Gasteiger partial charge in [-0.1, -0.05) is 30.3 Å². The van der Waals surface area contributed by atoms with E-state index in [2.05, 4.69) is 34.1 Å². The number of aliphatic hydroxyl groups is 2. The number of likely N-dealkylation sites (N-methyl/N-ethyl adjacent to an activating group) is 1. The van der Waals surface area contributed by atoms with Crippen LogP contribution in [-0.4, -0.2) is 65.4 Å². The molecule has 0 radical (unpaired) electrons. The Morgan fingerprint density at radius 1 is 1.30 bits per heavy atom. The number of nitrogens with zero attached hydrogens (tertiary/aromatic N) is 2. The van der Waals surface area contributed by atoms with E-state index in [1.54, 1.807) is 0 Å². The van der Waals surface area contributed by atoms with Crippen molar-refractivity contribution >= 4 is 0 Å². The van der Waals surface area contributed by atoms with Gasteiger partial charge in [0.15, 0.2) is 0 Å². The molecule has 0 spiro atoms. The molecule has 0 aliphatic carbocycles. The molecule has 1 aliphatic rings. The summed E-state index contributed by atoms with van der Waals surface area (Å²) < 4.78 is 0. The first kappa shape index (κ1) is 15.4. The van der Waals surface area contributed by atoms with Crippen molar-refractivity contribution in [2.24, 2.45) is 0 Å². The zero-order valence-corrected chi connectivity index (χ0v) is 12.3. The van der Waals surface area contributed by atoms with Gasteiger partial charge in [-0.2, -0.15) is 0 Å². The van der Waals surface area contributed by atoms with Gasteiger partial charge in [0, 0.05) is 39.3 Å². The summed E-state index contributed by atoms with van der Waals surface area (Å²) in [6, 6.07) is 10.4. The minimum Gasteiger partial charge on any atom is -0.396 e. The molecule has 1 heterocycles. The topological polar surface area (TPSA) is 46.9 Å². The molecule has 0 bridgehead atoms. The van der Waals surface area contributed by atoms with Crippen LogP contribution in [0.25, 0.3) is 0 Å². The van der Waals surface area contributed by atoms with Gasteiger partial charge >= 0.3 is 0 Å². The number of aliphatic hydroxyl groups excluding tert-OH is 1. The fraction of sp³-hybridized carbons (Fsp3) is 0.625. The second kappa shape index (κ2) is 7.18. The second-order valence-corrected chi connectivity index (χ2v) is 5.99. The van der Waals surface area contributed by atoms with Gasteiger partial charge in [-0.15, -0.1) is 0 Å². The predicted octanol–water partition coefficient (Wildman–Crippen LogP) is 0.938. The van der Waals surface area contributed by atoms with Crippen LogP contribution in [0.3, 0.4) is 0 Å². The van der Waals surface area contributed by atoms with Gasteiger partial charge in [-0.05, 0) is 25.5 Å².